The third-order valence-corrected chi connectivity index (χ3v) is 5.76. The molecular weight excluding hydrogens is 413 g/mol. The molecular formula is C20H20FN3O5S. The average Bonchev–Trinajstić information content (AvgIpc) is 3.20. The normalized spacial score (nSPS) is 12.5. The highest BCUT2D eigenvalue weighted by molar-refractivity contribution is 7.89. The van der Waals surface area contributed by atoms with Gasteiger partial charge in [-0.1, -0.05) is 30.3 Å². The summed E-state index contributed by atoms with van der Waals surface area (Å²) in [5, 5.41) is 3.79. The van der Waals surface area contributed by atoms with Crippen LogP contribution in [-0.4, -0.2) is 31.1 Å². The summed E-state index contributed by atoms with van der Waals surface area (Å²) in [6.45, 7) is 5.05. The fourth-order valence-corrected chi connectivity index (χ4v) is 3.68. The second-order valence-corrected chi connectivity index (χ2v) is 8.26. The third kappa shape index (κ3) is 4.71. The van der Waals surface area contributed by atoms with Crippen LogP contribution in [0.5, 0.6) is 0 Å². The molecule has 2 aromatic carbocycles. The minimum absolute atomic E-state index is 0.0239. The van der Waals surface area contributed by atoms with Gasteiger partial charge in [-0.2, -0.15) is 4.98 Å². The zero-order valence-corrected chi connectivity index (χ0v) is 17.4. The van der Waals surface area contributed by atoms with Crippen molar-refractivity contribution in [1.29, 1.82) is 0 Å². The molecule has 1 heterocycles. The molecule has 1 aromatic heterocycles. The molecule has 0 aliphatic heterocycles. The Morgan fingerprint density at radius 3 is 2.73 bits per heavy atom. The number of carbonyl (C=O) groups is 1. The Morgan fingerprint density at radius 1 is 1.27 bits per heavy atom. The number of benzene rings is 2. The van der Waals surface area contributed by atoms with E-state index >= 15 is 0 Å². The minimum Gasteiger partial charge on any atom is -0.449 e. The zero-order valence-electron chi connectivity index (χ0n) is 16.5. The summed E-state index contributed by atoms with van der Waals surface area (Å²) >= 11 is 0. The van der Waals surface area contributed by atoms with Crippen LogP contribution >= 0.6 is 0 Å². The molecule has 1 atom stereocenters. The van der Waals surface area contributed by atoms with E-state index in [0.29, 0.717) is 11.1 Å². The van der Waals surface area contributed by atoms with Crippen molar-refractivity contribution in [1.82, 2.24) is 14.9 Å². The van der Waals surface area contributed by atoms with Crippen molar-refractivity contribution in [2.75, 3.05) is 6.54 Å². The molecule has 158 valence electrons. The zero-order chi connectivity index (χ0) is 21.9. The first-order valence-corrected chi connectivity index (χ1v) is 10.6. The van der Waals surface area contributed by atoms with E-state index in [4.69, 9.17) is 9.26 Å². The van der Waals surface area contributed by atoms with Gasteiger partial charge in [-0.05, 0) is 43.7 Å². The van der Waals surface area contributed by atoms with Crippen LogP contribution in [0.25, 0.3) is 11.4 Å². The fourth-order valence-electron chi connectivity index (χ4n) is 2.59. The van der Waals surface area contributed by atoms with Gasteiger partial charge in [0.15, 0.2) is 6.10 Å². The molecule has 3 rings (SSSR count). The van der Waals surface area contributed by atoms with Gasteiger partial charge in [0, 0.05) is 12.1 Å². The molecule has 0 fully saturated rings. The van der Waals surface area contributed by atoms with Crippen LogP contribution < -0.4 is 4.72 Å². The van der Waals surface area contributed by atoms with Crippen molar-refractivity contribution in [2.24, 2.45) is 0 Å². The monoisotopic (exact) mass is 433 g/mol. The molecule has 30 heavy (non-hydrogen) atoms. The Morgan fingerprint density at radius 2 is 2.03 bits per heavy atom. The maximum absolute atomic E-state index is 13.8. The van der Waals surface area contributed by atoms with Crippen molar-refractivity contribution in [3.05, 3.63) is 65.3 Å². The molecule has 1 N–H and O–H groups in total. The number of halogens is 1. The SMILES string of the molecule is CCNS(=O)(=O)c1cccc(C(=O)OC(C)c2nc(-c3ccc(C)c(F)c3)no2)c1. The Labute approximate surface area is 173 Å². The van der Waals surface area contributed by atoms with Crippen molar-refractivity contribution in [3.63, 3.8) is 0 Å². The first kappa shape index (κ1) is 21.6. The molecule has 0 spiro atoms. The molecule has 0 saturated carbocycles. The van der Waals surface area contributed by atoms with Gasteiger partial charge in [0.2, 0.25) is 15.8 Å². The second-order valence-electron chi connectivity index (χ2n) is 6.50. The molecule has 3 aromatic rings. The standard InChI is InChI=1S/C20H20FN3O5S/c1-4-22-30(26,27)16-7-5-6-15(10-16)20(25)28-13(3)19-23-18(24-29-19)14-9-8-12(2)17(21)11-14/h5-11,13,22H,4H2,1-3H3. The highest BCUT2D eigenvalue weighted by Gasteiger charge is 2.22. The molecule has 10 heteroatoms. The molecule has 0 aliphatic carbocycles. The predicted octanol–water partition coefficient (Wildman–Crippen LogP) is 3.40. The van der Waals surface area contributed by atoms with Gasteiger partial charge in [-0.3, -0.25) is 0 Å². The highest BCUT2D eigenvalue weighted by Crippen LogP contribution is 2.23. The van der Waals surface area contributed by atoms with E-state index < -0.39 is 27.9 Å². The van der Waals surface area contributed by atoms with Crippen molar-refractivity contribution < 1.29 is 26.9 Å². The summed E-state index contributed by atoms with van der Waals surface area (Å²) in [5.74, 6) is -0.968. The van der Waals surface area contributed by atoms with Gasteiger partial charge >= 0.3 is 5.97 Å². The van der Waals surface area contributed by atoms with E-state index in [9.17, 15) is 17.6 Å². The van der Waals surface area contributed by atoms with Gasteiger partial charge in [-0.15, -0.1) is 0 Å². The number of rotatable bonds is 7. The van der Waals surface area contributed by atoms with Crippen LogP contribution in [0.2, 0.25) is 0 Å². The van der Waals surface area contributed by atoms with E-state index in [-0.39, 0.29) is 28.7 Å². The Hall–Kier alpha value is -3.11. The van der Waals surface area contributed by atoms with E-state index in [1.807, 2.05) is 0 Å². The number of esters is 1. The average molecular weight is 433 g/mol. The summed E-state index contributed by atoms with van der Waals surface area (Å²) in [4.78, 5) is 16.6. The number of sulfonamides is 1. The number of aromatic nitrogens is 2. The van der Waals surface area contributed by atoms with Gasteiger partial charge in [0.05, 0.1) is 10.5 Å². The second kappa shape index (κ2) is 8.72. The van der Waals surface area contributed by atoms with Crippen molar-refractivity contribution >= 4 is 16.0 Å². The minimum atomic E-state index is -3.71. The molecule has 0 saturated heterocycles. The first-order valence-electron chi connectivity index (χ1n) is 9.12. The predicted molar refractivity (Wildman–Crippen MR) is 106 cm³/mol. The number of hydrogen-bond donors (Lipinski definition) is 1. The third-order valence-electron chi connectivity index (χ3n) is 4.22. The smallest absolute Gasteiger partial charge is 0.338 e. The summed E-state index contributed by atoms with van der Waals surface area (Å²) in [5.41, 5.74) is 0.970. The van der Waals surface area contributed by atoms with E-state index in [1.54, 1.807) is 26.0 Å². The molecule has 0 bridgehead atoms. The van der Waals surface area contributed by atoms with Crippen LogP contribution in [0.4, 0.5) is 4.39 Å². The Kier molecular flexibility index (Phi) is 6.28. The van der Waals surface area contributed by atoms with E-state index in [2.05, 4.69) is 14.9 Å². The molecule has 0 aliphatic rings. The van der Waals surface area contributed by atoms with Crippen LogP contribution in [0.3, 0.4) is 0 Å². The first-order chi connectivity index (χ1) is 14.2. The Bertz CT molecular complexity index is 1180. The molecule has 8 nitrogen and oxygen atoms in total. The largest absolute Gasteiger partial charge is 0.449 e. The lowest BCUT2D eigenvalue weighted by Crippen LogP contribution is -2.23. The number of ether oxygens (including phenoxy) is 1. The van der Waals surface area contributed by atoms with Crippen LogP contribution in [-0.2, 0) is 14.8 Å². The Balaban J connectivity index is 1.75. The van der Waals surface area contributed by atoms with Crippen LogP contribution in [0.1, 0.15) is 41.8 Å². The van der Waals surface area contributed by atoms with Gasteiger partial charge < -0.3 is 9.26 Å². The lowest BCUT2D eigenvalue weighted by molar-refractivity contribution is 0.0265. The maximum atomic E-state index is 13.8. The highest BCUT2D eigenvalue weighted by atomic mass is 32.2. The summed E-state index contributed by atoms with van der Waals surface area (Å²) in [7, 11) is -3.71. The summed E-state index contributed by atoms with van der Waals surface area (Å²) in [6, 6.07) is 10.0. The van der Waals surface area contributed by atoms with Gasteiger partial charge in [0.25, 0.3) is 5.89 Å². The van der Waals surface area contributed by atoms with E-state index in [0.717, 1.165) is 0 Å². The number of nitrogens with one attached hydrogen (secondary N) is 1. The van der Waals surface area contributed by atoms with Gasteiger partial charge in [-0.25, -0.2) is 22.3 Å². The molecule has 1 unspecified atom stereocenters. The lowest BCUT2D eigenvalue weighted by atomic mass is 10.1. The summed E-state index contributed by atoms with van der Waals surface area (Å²) < 4.78 is 50.8. The number of carbonyl (C=O) groups excluding carboxylic acids is 1. The quantitative estimate of drug-likeness (QED) is 0.569. The maximum Gasteiger partial charge on any atom is 0.338 e. The molecule has 0 amide bonds. The summed E-state index contributed by atoms with van der Waals surface area (Å²) in [6.07, 6.45) is -0.900. The van der Waals surface area contributed by atoms with Crippen LogP contribution in [0, 0.1) is 12.7 Å². The van der Waals surface area contributed by atoms with E-state index in [1.165, 1.54) is 37.3 Å². The lowest BCUT2D eigenvalue weighted by Gasteiger charge is -2.10. The van der Waals surface area contributed by atoms with Crippen LogP contribution in [0.15, 0.2) is 51.9 Å². The fraction of sp³-hybridized carbons (Fsp3) is 0.250. The van der Waals surface area contributed by atoms with Crippen molar-refractivity contribution in [2.45, 2.75) is 31.8 Å². The number of aryl methyl sites for hydroxylation is 1. The molecule has 0 radical (unpaired) electrons. The van der Waals surface area contributed by atoms with Crippen molar-refractivity contribution in [3.8, 4) is 11.4 Å². The number of nitrogens with zero attached hydrogens (tertiary/aromatic N) is 2. The van der Waals surface area contributed by atoms with Gasteiger partial charge in [0.1, 0.15) is 5.82 Å². The number of hydrogen-bond acceptors (Lipinski definition) is 7. The topological polar surface area (TPSA) is 111 Å².